The molecule has 0 atom stereocenters. The lowest BCUT2D eigenvalue weighted by Crippen LogP contribution is -2.07. The van der Waals surface area contributed by atoms with Gasteiger partial charge in [0, 0.05) is 18.9 Å². The largest absolute Gasteiger partial charge is 0.508 e. The van der Waals surface area contributed by atoms with Crippen molar-refractivity contribution in [1.29, 1.82) is 0 Å². The number of aromatic hydroxyl groups is 1. The van der Waals surface area contributed by atoms with Gasteiger partial charge in [-0.3, -0.25) is 9.59 Å². The van der Waals surface area contributed by atoms with Crippen LogP contribution in [0.3, 0.4) is 0 Å². The van der Waals surface area contributed by atoms with Gasteiger partial charge in [-0.2, -0.15) is 0 Å². The predicted octanol–water partition coefficient (Wildman–Crippen LogP) is 9.65. The number of carbonyl (C=O) groups excluding carboxylic acids is 2. The van der Waals surface area contributed by atoms with Gasteiger partial charge in [-0.15, -0.1) is 0 Å². The molecule has 0 saturated heterocycles. The van der Waals surface area contributed by atoms with Crippen LogP contribution in [0.2, 0.25) is 0 Å². The van der Waals surface area contributed by atoms with Crippen LogP contribution in [-0.2, 0) is 9.59 Å². The average molecular weight is 537 g/mol. The Balaban J connectivity index is 1.75. The zero-order valence-electron chi connectivity index (χ0n) is 24.1. The molecule has 0 saturated carbocycles. The van der Waals surface area contributed by atoms with Crippen molar-refractivity contribution in [2.45, 2.75) is 117 Å². The monoisotopic (exact) mass is 536 g/mol. The Morgan fingerprint density at radius 3 is 1.59 bits per heavy atom. The first-order chi connectivity index (χ1) is 19.0. The smallest absolute Gasteiger partial charge is 0.311 e. The zero-order chi connectivity index (χ0) is 28.1. The maximum absolute atomic E-state index is 12.2. The van der Waals surface area contributed by atoms with E-state index in [0.29, 0.717) is 24.3 Å². The standard InChI is InChI=1S/C34H48O5/c1-3-5-7-9-11-13-15-17-33(36)38-31-23-21-28(22-24-31)19-20-29-25-30(35)27-32(26-29)39-34(37)18-16-14-12-10-8-6-4-2/h19-27,35H,3-18H2,1-2H3. The molecule has 0 spiro atoms. The number of carbonyl (C=O) groups is 2. The fourth-order valence-electron chi connectivity index (χ4n) is 4.42. The minimum absolute atomic E-state index is 0.0408. The molecular formula is C34H48O5. The van der Waals surface area contributed by atoms with Crippen LogP contribution in [0.1, 0.15) is 128 Å². The minimum atomic E-state index is -0.277. The predicted molar refractivity (Wildman–Crippen MR) is 160 cm³/mol. The highest BCUT2D eigenvalue weighted by molar-refractivity contribution is 5.75. The molecule has 2 aromatic rings. The van der Waals surface area contributed by atoms with Crippen molar-refractivity contribution < 1.29 is 24.2 Å². The lowest BCUT2D eigenvalue weighted by Gasteiger charge is -2.07. The van der Waals surface area contributed by atoms with E-state index in [1.54, 1.807) is 24.3 Å². The van der Waals surface area contributed by atoms with Gasteiger partial charge in [-0.25, -0.2) is 0 Å². The maximum atomic E-state index is 12.2. The second-order valence-electron chi connectivity index (χ2n) is 10.4. The van der Waals surface area contributed by atoms with Crippen LogP contribution in [0.5, 0.6) is 17.2 Å². The summed E-state index contributed by atoms with van der Waals surface area (Å²) in [5, 5.41) is 10.1. The summed E-state index contributed by atoms with van der Waals surface area (Å²) in [5.41, 5.74) is 1.64. The summed E-state index contributed by atoms with van der Waals surface area (Å²) in [4.78, 5) is 24.3. The van der Waals surface area contributed by atoms with Crippen LogP contribution >= 0.6 is 0 Å². The van der Waals surface area contributed by atoms with E-state index < -0.39 is 0 Å². The molecule has 5 nitrogen and oxygen atoms in total. The molecule has 39 heavy (non-hydrogen) atoms. The fraction of sp³-hybridized carbons (Fsp3) is 0.529. The maximum Gasteiger partial charge on any atom is 0.311 e. The molecule has 0 aliphatic rings. The molecular weight excluding hydrogens is 488 g/mol. The van der Waals surface area contributed by atoms with Crippen LogP contribution in [0, 0.1) is 0 Å². The van der Waals surface area contributed by atoms with Crippen molar-refractivity contribution in [3.63, 3.8) is 0 Å². The molecule has 0 aromatic heterocycles. The van der Waals surface area contributed by atoms with Crippen LogP contribution < -0.4 is 9.47 Å². The van der Waals surface area contributed by atoms with E-state index in [0.717, 1.165) is 43.2 Å². The SMILES string of the molecule is CCCCCCCCCC(=O)Oc1ccc(C=Cc2cc(O)cc(OC(=O)CCCCCCCCC)c2)cc1. The molecule has 0 aliphatic carbocycles. The van der Waals surface area contributed by atoms with Crippen LogP contribution in [0.15, 0.2) is 42.5 Å². The van der Waals surface area contributed by atoms with Gasteiger partial charge in [0.1, 0.15) is 17.2 Å². The Hall–Kier alpha value is -3.08. The third kappa shape index (κ3) is 15.2. The number of benzene rings is 2. The van der Waals surface area contributed by atoms with Crippen molar-refractivity contribution in [3.8, 4) is 17.2 Å². The summed E-state index contributed by atoms with van der Waals surface area (Å²) in [5.74, 6) is 0.444. The number of phenols is 1. The lowest BCUT2D eigenvalue weighted by atomic mass is 10.1. The summed E-state index contributed by atoms with van der Waals surface area (Å²) in [7, 11) is 0. The van der Waals surface area contributed by atoms with E-state index >= 15 is 0 Å². The summed E-state index contributed by atoms with van der Waals surface area (Å²) in [6.07, 6.45) is 20.7. The second-order valence-corrected chi connectivity index (χ2v) is 10.4. The Bertz CT molecular complexity index is 993. The molecule has 2 rings (SSSR count). The van der Waals surface area contributed by atoms with E-state index in [4.69, 9.17) is 9.47 Å². The van der Waals surface area contributed by atoms with Crippen molar-refractivity contribution in [3.05, 3.63) is 53.6 Å². The summed E-state index contributed by atoms with van der Waals surface area (Å²) in [6.45, 7) is 4.41. The minimum Gasteiger partial charge on any atom is -0.508 e. The number of rotatable bonds is 20. The van der Waals surface area contributed by atoms with Crippen molar-refractivity contribution in [2.75, 3.05) is 0 Å². The summed E-state index contributed by atoms with van der Waals surface area (Å²) < 4.78 is 10.9. The molecule has 1 N–H and O–H groups in total. The molecule has 0 heterocycles. The molecule has 0 bridgehead atoms. The third-order valence-electron chi connectivity index (χ3n) is 6.69. The fourth-order valence-corrected chi connectivity index (χ4v) is 4.42. The molecule has 214 valence electrons. The number of hydrogen-bond acceptors (Lipinski definition) is 5. The van der Waals surface area contributed by atoms with Gasteiger partial charge in [-0.1, -0.05) is 115 Å². The molecule has 0 unspecified atom stereocenters. The first-order valence-electron chi connectivity index (χ1n) is 15.0. The highest BCUT2D eigenvalue weighted by atomic mass is 16.5. The van der Waals surface area contributed by atoms with Gasteiger partial charge in [-0.05, 0) is 48.2 Å². The van der Waals surface area contributed by atoms with Crippen molar-refractivity contribution >= 4 is 24.1 Å². The molecule has 0 amide bonds. The third-order valence-corrected chi connectivity index (χ3v) is 6.69. The van der Waals surface area contributed by atoms with E-state index in [-0.39, 0.29) is 17.7 Å². The van der Waals surface area contributed by atoms with Gasteiger partial charge >= 0.3 is 11.9 Å². The Morgan fingerprint density at radius 2 is 1.05 bits per heavy atom. The van der Waals surface area contributed by atoms with Crippen LogP contribution in [0.25, 0.3) is 12.2 Å². The zero-order valence-corrected chi connectivity index (χ0v) is 24.1. The van der Waals surface area contributed by atoms with Gasteiger partial charge in [0.25, 0.3) is 0 Å². The highest BCUT2D eigenvalue weighted by Crippen LogP contribution is 2.24. The summed E-state index contributed by atoms with van der Waals surface area (Å²) in [6, 6.07) is 12.1. The van der Waals surface area contributed by atoms with Crippen LogP contribution in [0.4, 0.5) is 0 Å². The number of unbranched alkanes of at least 4 members (excludes halogenated alkanes) is 12. The normalized spacial score (nSPS) is 11.1. The molecule has 0 aliphatic heterocycles. The van der Waals surface area contributed by atoms with E-state index in [9.17, 15) is 14.7 Å². The van der Waals surface area contributed by atoms with Crippen molar-refractivity contribution in [2.24, 2.45) is 0 Å². The molecule has 2 aromatic carbocycles. The van der Waals surface area contributed by atoms with Crippen LogP contribution in [-0.4, -0.2) is 17.0 Å². The number of hydrogen-bond donors (Lipinski definition) is 1. The van der Waals surface area contributed by atoms with Gasteiger partial charge < -0.3 is 14.6 Å². The van der Waals surface area contributed by atoms with E-state index in [1.165, 1.54) is 63.9 Å². The Morgan fingerprint density at radius 1 is 0.590 bits per heavy atom. The quantitative estimate of drug-likeness (QED) is 0.0789. The Kier molecular flexibility index (Phi) is 16.4. The Labute approximate surface area is 235 Å². The number of phenolic OH excluding ortho intramolecular Hbond substituents is 1. The molecule has 5 heteroatoms. The van der Waals surface area contributed by atoms with E-state index in [2.05, 4.69) is 13.8 Å². The topological polar surface area (TPSA) is 72.8 Å². The first kappa shape index (κ1) is 32.1. The summed E-state index contributed by atoms with van der Waals surface area (Å²) >= 11 is 0. The molecule has 0 fully saturated rings. The highest BCUT2D eigenvalue weighted by Gasteiger charge is 2.08. The second kappa shape index (κ2) is 19.9. The van der Waals surface area contributed by atoms with Gasteiger partial charge in [0.2, 0.25) is 0 Å². The number of ether oxygens (including phenoxy) is 2. The van der Waals surface area contributed by atoms with Gasteiger partial charge in [0.15, 0.2) is 0 Å². The number of esters is 2. The molecule has 0 radical (unpaired) electrons. The first-order valence-corrected chi connectivity index (χ1v) is 15.0. The van der Waals surface area contributed by atoms with E-state index in [1.807, 2.05) is 24.3 Å². The lowest BCUT2D eigenvalue weighted by molar-refractivity contribution is -0.135. The van der Waals surface area contributed by atoms with Gasteiger partial charge in [0.05, 0.1) is 0 Å². The average Bonchev–Trinajstić information content (AvgIpc) is 2.91. The van der Waals surface area contributed by atoms with Crippen molar-refractivity contribution in [1.82, 2.24) is 0 Å².